The Balaban J connectivity index is 1.95. The van der Waals surface area contributed by atoms with Crippen LogP contribution in [0.4, 0.5) is 11.8 Å². The summed E-state index contributed by atoms with van der Waals surface area (Å²) in [6, 6.07) is 1.74. The molecule has 0 bridgehead atoms. The summed E-state index contributed by atoms with van der Waals surface area (Å²) in [6.07, 6.45) is 5.51. The number of nitrogens with two attached hydrogens (primary N) is 2. The zero-order valence-corrected chi connectivity index (χ0v) is 11.0. The van der Waals surface area contributed by atoms with E-state index >= 15 is 0 Å². The molecule has 0 atom stereocenters. The average molecular weight is 273 g/mol. The number of hydrogen-bond acceptors (Lipinski definition) is 7. The topological polar surface area (TPSA) is 109 Å². The van der Waals surface area contributed by atoms with Crippen molar-refractivity contribution in [3.8, 4) is 17.4 Å². The monoisotopic (exact) mass is 273 g/mol. The van der Waals surface area contributed by atoms with Crippen LogP contribution in [0.25, 0.3) is 0 Å². The van der Waals surface area contributed by atoms with Crippen LogP contribution in [-0.2, 0) is 0 Å². The lowest BCUT2D eigenvalue weighted by molar-refractivity contribution is 0.391. The number of nitrogens with zero attached hydrogens (tertiary/aromatic N) is 3. The van der Waals surface area contributed by atoms with Gasteiger partial charge in [-0.05, 0) is 18.8 Å². The second kappa shape index (κ2) is 4.84. The van der Waals surface area contributed by atoms with Gasteiger partial charge in [0.2, 0.25) is 11.8 Å². The lowest BCUT2D eigenvalue weighted by atomic mass is 10.2. The van der Waals surface area contributed by atoms with Gasteiger partial charge in [-0.25, -0.2) is 9.97 Å². The van der Waals surface area contributed by atoms with E-state index in [1.807, 2.05) is 0 Å². The van der Waals surface area contributed by atoms with Crippen LogP contribution in [0.3, 0.4) is 0 Å². The van der Waals surface area contributed by atoms with E-state index in [4.69, 9.17) is 20.9 Å². The number of rotatable bonds is 4. The molecule has 0 radical (unpaired) electrons. The third kappa shape index (κ3) is 2.42. The zero-order valence-electron chi connectivity index (χ0n) is 11.0. The van der Waals surface area contributed by atoms with Crippen LogP contribution < -0.4 is 20.9 Å². The minimum absolute atomic E-state index is 0.115. The fourth-order valence-electron chi connectivity index (χ4n) is 1.93. The predicted octanol–water partition coefficient (Wildman–Crippen LogP) is 1.71. The van der Waals surface area contributed by atoms with Gasteiger partial charge < -0.3 is 20.9 Å². The van der Waals surface area contributed by atoms with Crippen molar-refractivity contribution in [2.75, 3.05) is 18.6 Å². The Hall–Kier alpha value is -2.57. The Kier molecular flexibility index (Phi) is 3.02. The quantitative estimate of drug-likeness (QED) is 0.872. The summed E-state index contributed by atoms with van der Waals surface area (Å²) in [5.41, 5.74) is 12.3. The maximum atomic E-state index is 5.81. The van der Waals surface area contributed by atoms with E-state index in [0.29, 0.717) is 23.3 Å². The molecule has 7 nitrogen and oxygen atoms in total. The average Bonchev–Trinajstić information content (AvgIpc) is 3.26. The molecule has 2 aromatic heterocycles. The third-order valence-electron chi connectivity index (χ3n) is 3.12. The molecule has 3 rings (SSSR count). The van der Waals surface area contributed by atoms with Gasteiger partial charge in [-0.15, -0.1) is 0 Å². The molecular formula is C13H15N5O2. The molecule has 4 N–H and O–H groups in total. The molecule has 0 saturated heterocycles. The van der Waals surface area contributed by atoms with Crippen molar-refractivity contribution in [1.29, 1.82) is 0 Å². The highest BCUT2D eigenvalue weighted by Crippen LogP contribution is 2.45. The Labute approximate surface area is 116 Å². The number of methoxy groups -OCH3 is 1. The minimum atomic E-state index is 0.115. The highest BCUT2D eigenvalue weighted by molar-refractivity contribution is 5.51. The van der Waals surface area contributed by atoms with Crippen LogP contribution in [0.15, 0.2) is 18.5 Å². The molecule has 0 unspecified atom stereocenters. The molecule has 104 valence electrons. The van der Waals surface area contributed by atoms with E-state index in [0.717, 1.165) is 18.4 Å². The largest absolute Gasteiger partial charge is 0.481 e. The fourth-order valence-corrected chi connectivity index (χ4v) is 1.93. The Bertz CT molecular complexity index is 643. The van der Waals surface area contributed by atoms with Gasteiger partial charge in [0, 0.05) is 17.8 Å². The van der Waals surface area contributed by atoms with Crippen LogP contribution in [-0.4, -0.2) is 22.1 Å². The molecule has 1 saturated carbocycles. The highest BCUT2D eigenvalue weighted by Gasteiger charge is 2.28. The Morgan fingerprint density at radius 3 is 2.60 bits per heavy atom. The molecule has 1 fully saturated rings. The van der Waals surface area contributed by atoms with E-state index in [-0.39, 0.29) is 11.8 Å². The van der Waals surface area contributed by atoms with Crippen LogP contribution in [0.5, 0.6) is 17.4 Å². The maximum Gasteiger partial charge on any atom is 0.222 e. The van der Waals surface area contributed by atoms with Gasteiger partial charge >= 0.3 is 0 Å². The molecule has 1 aliphatic rings. The van der Waals surface area contributed by atoms with E-state index in [1.165, 1.54) is 6.20 Å². The fraction of sp³-hybridized carbons (Fsp3) is 0.308. The highest BCUT2D eigenvalue weighted by atomic mass is 16.5. The lowest BCUT2D eigenvalue weighted by Crippen LogP contribution is -2.02. The van der Waals surface area contributed by atoms with Crippen molar-refractivity contribution >= 4 is 11.8 Å². The molecule has 2 aromatic rings. The van der Waals surface area contributed by atoms with Crippen LogP contribution >= 0.6 is 0 Å². The molecule has 2 heterocycles. The van der Waals surface area contributed by atoms with E-state index in [1.54, 1.807) is 19.4 Å². The van der Waals surface area contributed by atoms with Gasteiger partial charge in [-0.1, -0.05) is 0 Å². The molecule has 1 aliphatic carbocycles. The number of ether oxygens (including phenoxy) is 2. The molecule has 0 aliphatic heterocycles. The van der Waals surface area contributed by atoms with Crippen molar-refractivity contribution in [2.45, 2.75) is 18.8 Å². The summed E-state index contributed by atoms with van der Waals surface area (Å²) < 4.78 is 10.9. The first-order valence-electron chi connectivity index (χ1n) is 6.27. The van der Waals surface area contributed by atoms with Crippen LogP contribution in [0.2, 0.25) is 0 Å². The van der Waals surface area contributed by atoms with Crippen molar-refractivity contribution < 1.29 is 9.47 Å². The summed E-state index contributed by atoms with van der Waals surface area (Å²) in [4.78, 5) is 12.0. The van der Waals surface area contributed by atoms with Crippen molar-refractivity contribution in [1.82, 2.24) is 15.0 Å². The Morgan fingerprint density at radius 2 is 1.95 bits per heavy atom. The standard InChI is InChI=1S/C13H15N5O2/c1-19-11-4-9(8(5-16-11)7-2-3-7)20-10-6-17-13(15)18-12(10)14/h4-7H,2-3H2,1H3,(H4,14,15,17,18). The molecule has 20 heavy (non-hydrogen) atoms. The molecule has 0 aromatic carbocycles. The smallest absolute Gasteiger partial charge is 0.222 e. The number of anilines is 2. The van der Waals surface area contributed by atoms with E-state index in [2.05, 4.69) is 15.0 Å². The number of pyridine rings is 1. The van der Waals surface area contributed by atoms with Crippen molar-refractivity contribution in [3.63, 3.8) is 0 Å². The van der Waals surface area contributed by atoms with Gasteiger partial charge in [0.1, 0.15) is 5.75 Å². The second-order valence-electron chi connectivity index (χ2n) is 4.62. The minimum Gasteiger partial charge on any atom is -0.481 e. The first-order chi connectivity index (χ1) is 9.67. The summed E-state index contributed by atoms with van der Waals surface area (Å²) in [7, 11) is 1.56. The molecule has 7 heteroatoms. The summed E-state index contributed by atoms with van der Waals surface area (Å²) in [5.74, 6) is 2.33. The normalized spacial score (nSPS) is 14.1. The molecule has 0 spiro atoms. The van der Waals surface area contributed by atoms with Gasteiger partial charge in [0.05, 0.1) is 13.3 Å². The third-order valence-corrected chi connectivity index (χ3v) is 3.12. The summed E-state index contributed by atoms with van der Waals surface area (Å²) >= 11 is 0. The SMILES string of the molecule is COc1cc(Oc2cnc(N)nc2N)c(C2CC2)cn1. The van der Waals surface area contributed by atoms with E-state index in [9.17, 15) is 0 Å². The lowest BCUT2D eigenvalue weighted by Gasteiger charge is -2.12. The molecular weight excluding hydrogens is 258 g/mol. The van der Waals surface area contributed by atoms with Crippen LogP contribution in [0, 0.1) is 0 Å². The zero-order chi connectivity index (χ0) is 14.1. The van der Waals surface area contributed by atoms with Crippen molar-refractivity contribution in [2.24, 2.45) is 0 Å². The van der Waals surface area contributed by atoms with Gasteiger partial charge in [-0.2, -0.15) is 4.98 Å². The molecule has 0 amide bonds. The predicted molar refractivity (Wildman–Crippen MR) is 73.7 cm³/mol. The second-order valence-corrected chi connectivity index (χ2v) is 4.62. The van der Waals surface area contributed by atoms with Crippen LogP contribution in [0.1, 0.15) is 24.3 Å². The maximum absolute atomic E-state index is 5.81. The van der Waals surface area contributed by atoms with Gasteiger partial charge in [0.25, 0.3) is 0 Å². The van der Waals surface area contributed by atoms with Gasteiger partial charge in [-0.3, -0.25) is 0 Å². The van der Waals surface area contributed by atoms with Gasteiger partial charge in [0.15, 0.2) is 11.6 Å². The number of nitrogen functional groups attached to an aromatic ring is 2. The number of hydrogen-bond donors (Lipinski definition) is 2. The van der Waals surface area contributed by atoms with Crippen molar-refractivity contribution in [3.05, 3.63) is 24.0 Å². The first kappa shape index (κ1) is 12.5. The Morgan fingerprint density at radius 1 is 1.15 bits per heavy atom. The summed E-state index contributed by atoms with van der Waals surface area (Å²) in [6.45, 7) is 0. The summed E-state index contributed by atoms with van der Waals surface area (Å²) in [5, 5.41) is 0. The van der Waals surface area contributed by atoms with E-state index < -0.39 is 0 Å². The number of aromatic nitrogens is 3. The first-order valence-corrected chi connectivity index (χ1v) is 6.27.